The highest BCUT2D eigenvalue weighted by molar-refractivity contribution is 6.02. The normalized spacial score (nSPS) is 16.5. The van der Waals surface area contributed by atoms with E-state index in [1.165, 1.54) is 12.1 Å². The number of aromatic nitrogens is 2. The molecule has 5 nitrogen and oxygen atoms in total. The highest BCUT2D eigenvalue weighted by Gasteiger charge is 2.32. The van der Waals surface area contributed by atoms with Crippen LogP contribution < -0.4 is 10.6 Å². The van der Waals surface area contributed by atoms with E-state index >= 15 is 0 Å². The molecule has 0 saturated heterocycles. The standard InChI is InChI=1S/C17H15FN4O/c18-11-5-6-12-10(8-11)4-7-16(12)22(17(19)23)15-3-1-2-14-13(15)9-20-21-14/h1-3,5-6,8-9,16H,4,7H2,(H2,19,23)(H,20,21). The largest absolute Gasteiger partial charge is 0.351 e. The molecule has 0 bridgehead atoms. The van der Waals surface area contributed by atoms with Crippen LogP contribution in [0.4, 0.5) is 14.9 Å². The van der Waals surface area contributed by atoms with Crippen LogP contribution in [0.1, 0.15) is 23.6 Å². The van der Waals surface area contributed by atoms with Crippen LogP contribution in [0.2, 0.25) is 0 Å². The van der Waals surface area contributed by atoms with Crippen molar-refractivity contribution in [3.63, 3.8) is 0 Å². The zero-order valence-electron chi connectivity index (χ0n) is 12.3. The summed E-state index contributed by atoms with van der Waals surface area (Å²) < 4.78 is 13.4. The monoisotopic (exact) mass is 310 g/mol. The summed E-state index contributed by atoms with van der Waals surface area (Å²) >= 11 is 0. The number of nitrogens with zero attached hydrogens (tertiary/aromatic N) is 2. The highest BCUT2D eigenvalue weighted by Crippen LogP contribution is 2.40. The number of hydrogen-bond acceptors (Lipinski definition) is 2. The number of rotatable bonds is 2. The van der Waals surface area contributed by atoms with Gasteiger partial charge >= 0.3 is 6.03 Å². The number of halogens is 1. The summed E-state index contributed by atoms with van der Waals surface area (Å²) in [6, 6.07) is 9.58. The van der Waals surface area contributed by atoms with E-state index in [2.05, 4.69) is 10.2 Å². The Balaban J connectivity index is 1.85. The summed E-state index contributed by atoms with van der Waals surface area (Å²) in [6.07, 6.45) is 3.13. The Hall–Kier alpha value is -2.89. The van der Waals surface area contributed by atoms with Crippen molar-refractivity contribution >= 4 is 22.6 Å². The van der Waals surface area contributed by atoms with Crippen molar-refractivity contribution in [2.24, 2.45) is 5.73 Å². The van der Waals surface area contributed by atoms with E-state index < -0.39 is 6.03 Å². The fraction of sp³-hybridized carbons (Fsp3) is 0.176. The average Bonchev–Trinajstić information content (AvgIpc) is 3.14. The van der Waals surface area contributed by atoms with Gasteiger partial charge in [0.05, 0.1) is 23.4 Å². The summed E-state index contributed by atoms with van der Waals surface area (Å²) in [5.74, 6) is -0.257. The molecular weight excluding hydrogens is 295 g/mol. The van der Waals surface area contributed by atoms with Crippen LogP contribution in [0.25, 0.3) is 10.9 Å². The van der Waals surface area contributed by atoms with Crippen molar-refractivity contribution in [1.29, 1.82) is 0 Å². The van der Waals surface area contributed by atoms with E-state index in [1.54, 1.807) is 17.2 Å². The van der Waals surface area contributed by atoms with Gasteiger partial charge in [0.15, 0.2) is 0 Å². The summed E-state index contributed by atoms with van der Waals surface area (Å²) in [5, 5.41) is 7.76. The fourth-order valence-electron chi connectivity index (χ4n) is 3.43. The number of urea groups is 1. The topological polar surface area (TPSA) is 75.0 Å². The predicted molar refractivity (Wildman–Crippen MR) is 85.6 cm³/mol. The minimum absolute atomic E-state index is 0.191. The number of amides is 2. The summed E-state index contributed by atoms with van der Waals surface area (Å²) in [5.41, 5.74) is 9.11. The SMILES string of the molecule is NC(=O)N(c1cccc2[nH]ncc12)C1CCc2cc(F)ccc21. The molecule has 1 unspecified atom stereocenters. The third-order valence-electron chi connectivity index (χ3n) is 4.42. The second-order valence-electron chi connectivity index (χ2n) is 5.71. The number of benzene rings is 2. The van der Waals surface area contributed by atoms with Gasteiger partial charge in [0.2, 0.25) is 0 Å². The molecule has 6 heteroatoms. The van der Waals surface area contributed by atoms with Gasteiger partial charge in [0.1, 0.15) is 5.82 Å². The molecule has 2 aromatic carbocycles. The molecule has 116 valence electrons. The second-order valence-corrected chi connectivity index (χ2v) is 5.71. The van der Waals surface area contributed by atoms with Crippen molar-refractivity contribution in [3.05, 3.63) is 59.5 Å². The van der Waals surface area contributed by atoms with Crippen molar-refractivity contribution in [2.75, 3.05) is 4.90 Å². The average molecular weight is 310 g/mol. The van der Waals surface area contributed by atoms with Gasteiger partial charge in [-0.15, -0.1) is 0 Å². The third kappa shape index (κ3) is 2.14. The molecule has 1 aliphatic rings. The van der Waals surface area contributed by atoms with Gasteiger partial charge in [-0.3, -0.25) is 10.00 Å². The quantitative estimate of drug-likeness (QED) is 0.762. The lowest BCUT2D eigenvalue weighted by atomic mass is 10.1. The van der Waals surface area contributed by atoms with Gasteiger partial charge in [-0.05, 0) is 48.2 Å². The Bertz CT molecular complexity index is 904. The molecule has 0 radical (unpaired) electrons. The first-order valence-electron chi connectivity index (χ1n) is 7.44. The van der Waals surface area contributed by atoms with E-state index in [4.69, 9.17) is 5.73 Å². The van der Waals surface area contributed by atoms with Gasteiger partial charge in [0.25, 0.3) is 0 Å². The molecule has 1 heterocycles. The molecule has 1 aliphatic carbocycles. The number of primary amides is 1. The number of nitrogens with one attached hydrogen (secondary N) is 1. The number of anilines is 1. The van der Waals surface area contributed by atoms with Crippen LogP contribution in [0.15, 0.2) is 42.6 Å². The molecule has 23 heavy (non-hydrogen) atoms. The van der Waals surface area contributed by atoms with E-state index in [9.17, 15) is 9.18 Å². The molecule has 0 fully saturated rings. The zero-order chi connectivity index (χ0) is 16.0. The smallest absolute Gasteiger partial charge is 0.319 e. The summed E-state index contributed by atoms with van der Waals surface area (Å²) in [7, 11) is 0. The molecule has 3 aromatic rings. The maximum atomic E-state index is 13.4. The fourth-order valence-corrected chi connectivity index (χ4v) is 3.43. The van der Waals surface area contributed by atoms with Crippen LogP contribution in [0.5, 0.6) is 0 Å². The first-order valence-corrected chi connectivity index (χ1v) is 7.44. The molecule has 2 amide bonds. The molecule has 3 N–H and O–H groups in total. The van der Waals surface area contributed by atoms with E-state index in [0.717, 1.165) is 34.9 Å². The Morgan fingerprint density at radius 3 is 3.04 bits per heavy atom. The minimum Gasteiger partial charge on any atom is -0.351 e. The number of fused-ring (bicyclic) bond motifs is 2. The number of nitrogens with two attached hydrogens (primary N) is 1. The maximum absolute atomic E-state index is 13.4. The van der Waals surface area contributed by atoms with Gasteiger partial charge in [-0.25, -0.2) is 9.18 Å². The molecule has 4 rings (SSSR count). The minimum atomic E-state index is -0.527. The second kappa shape index (κ2) is 5.08. The van der Waals surface area contributed by atoms with Crippen molar-refractivity contribution < 1.29 is 9.18 Å². The van der Waals surface area contributed by atoms with E-state index in [1.807, 2.05) is 18.2 Å². The molecule has 1 atom stereocenters. The lowest BCUT2D eigenvalue weighted by Crippen LogP contribution is -2.38. The predicted octanol–water partition coefficient (Wildman–Crippen LogP) is 3.27. The van der Waals surface area contributed by atoms with E-state index in [-0.39, 0.29) is 11.9 Å². The number of aryl methyl sites for hydroxylation is 1. The first kappa shape index (κ1) is 13.8. The first-order chi connectivity index (χ1) is 11.1. The number of hydrogen-bond donors (Lipinski definition) is 2. The third-order valence-corrected chi connectivity index (χ3v) is 4.42. The molecule has 0 aliphatic heterocycles. The summed E-state index contributed by atoms with van der Waals surface area (Å²) in [6.45, 7) is 0. The Labute approximate surface area is 131 Å². The van der Waals surface area contributed by atoms with Crippen molar-refractivity contribution in [1.82, 2.24) is 10.2 Å². The maximum Gasteiger partial charge on any atom is 0.319 e. The number of aromatic amines is 1. The van der Waals surface area contributed by atoms with Crippen molar-refractivity contribution in [2.45, 2.75) is 18.9 Å². The molecule has 0 saturated carbocycles. The number of H-pyrrole nitrogens is 1. The van der Waals surface area contributed by atoms with Crippen LogP contribution >= 0.6 is 0 Å². The highest BCUT2D eigenvalue weighted by atomic mass is 19.1. The van der Waals surface area contributed by atoms with E-state index in [0.29, 0.717) is 5.69 Å². The number of carbonyl (C=O) groups is 1. The molecule has 0 spiro atoms. The van der Waals surface area contributed by atoms with Gasteiger partial charge < -0.3 is 5.73 Å². The lowest BCUT2D eigenvalue weighted by molar-refractivity contribution is 0.251. The molecule has 1 aromatic heterocycles. The van der Waals surface area contributed by atoms with Crippen LogP contribution in [-0.2, 0) is 6.42 Å². The zero-order valence-corrected chi connectivity index (χ0v) is 12.3. The van der Waals surface area contributed by atoms with Gasteiger partial charge in [-0.2, -0.15) is 5.10 Å². The van der Waals surface area contributed by atoms with Gasteiger partial charge in [-0.1, -0.05) is 12.1 Å². The Morgan fingerprint density at radius 2 is 2.22 bits per heavy atom. The van der Waals surface area contributed by atoms with Crippen LogP contribution in [0, 0.1) is 5.82 Å². The van der Waals surface area contributed by atoms with Crippen molar-refractivity contribution in [3.8, 4) is 0 Å². The lowest BCUT2D eigenvalue weighted by Gasteiger charge is -2.28. The Morgan fingerprint density at radius 1 is 1.35 bits per heavy atom. The van der Waals surface area contributed by atoms with Gasteiger partial charge in [0, 0.05) is 5.39 Å². The van der Waals surface area contributed by atoms with Crippen LogP contribution in [-0.4, -0.2) is 16.2 Å². The Kier molecular flexibility index (Phi) is 3.04. The molecular formula is C17H15FN4O. The number of carbonyl (C=O) groups excluding carboxylic acids is 1. The summed E-state index contributed by atoms with van der Waals surface area (Å²) in [4.78, 5) is 13.8. The van der Waals surface area contributed by atoms with Crippen LogP contribution in [0.3, 0.4) is 0 Å².